The van der Waals surface area contributed by atoms with Crippen LogP contribution in [0.5, 0.6) is 0 Å². The van der Waals surface area contributed by atoms with Gasteiger partial charge in [-0.3, -0.25) is 4.57 Å². The Morgan fingerprint density at radius 3 is 2.48 bits per heavy atom. The molecule has 0 unspecified atom stereocenters. The lowest BCUT2D eigenvalue weighted by atomic mass is 10.3. The molecule has 0 N–H and O–H groups in total. The second-order valence-corrected chi connectivity index (χ2v) is 6.77. The highest BCUT2D eigenvalue weighted by atomic mass is 32.2. The van der Waals surface area contributed by atoms with Gasteiger partial charge in [-0.15, -0.1) is 10.2 Å². The van der Waals surface area contributed by atoms with Crippen molar-refractivity contribution in [1.29, 1.82) is 0 Å². The average Bonchev–Trinajstić information content (AvgIpc) is 3.34. The molecular formula is C17H16F2N4OS. The second kappa shape index (κ2) is 6.87. The molecule has 130 valence electrons. The van der Waals surface area contributed by atoms with Crippen molar-refractivity contribution in [3.8, 4) is 0 Å². The van der Waals surface area contributed by atoms with Gasteiger partial charge in [-0.1, -0.05) is 6.07 Å². The Bertz CT molecular complexity index is 839. The predicted molar refractivity (Wildman–Crippen MR) is 89.8 cm³/mol. The molecule has 3 heterocycles. The van der Waals surface area contributed by atoms with Crippen molar-refractivity contribution in [3.63, 3.8) is 0 Å². The summed E-state index contributed by atoms with van der Waals surface area (Å²) in [5.41, 5.74) is 0. The van der Waals surface area contributed by atoms with Crippen LogP contribution in [0.25, 0.3) is 0 Å². The Labute approximate surface area is 147 Å². The monoisotopic (exact) mass is 362 g/mol. The molecule has 1 aromatic carbocycles. The van der Waals surface area contributed by atoms with Crippen LogP contribution in [-0.4, -0.2) is 27.9 Å². The Hall–Kier alpha value is -2.35. The summed E-state index contributed by atoms with van der Waals surface area (Å²) in [6.45, 7) is 2.20. The first-order chi connectivity index (χ1) is 12.2. The minimum Gasteiger partial charge on any atom is -0.467 e. The number of nitrogens with zero attached hydrogens (tertiary/aromatic N) is 4. The molecule has 25 heavy (non-hydrogen) atoms. The standard InChI is InChI=1S/C17H16F2N4OS/c18-13-6-3-7-14(19)15(13)25-17-21-20-16(22-8-1-2-9-22)23(17)11-12-5-4-10-24-12/h3-7,10H,1-2,8-9,11H2. The smallest absolute Gasteiger partial charge is 0.228 e. The van der Waals surface area contributed by atoms with Crippen LogP contribution in [0.3, 0.4) is 0 Å². The number of hydrogen-bond acceptors (Lipinski definition) is 5. The fraction of sp³-hybridized carbons (Fsp3) is 0.294. The molecule has 0 radical (unpaired) electrons. The third-order valence-corrected chi connectivity index (χ3v) is 5.17. The van der Waals surface area contributed by atoms with Gasteiger partial charge in [0, 0.05) is 13.1 Å². The van der Waals surface area contributed by atoms with Crippen molar-refractivity contribution >= 4 is 17.7 Å². The van der Waals surface area contributed by atoms with Gasteiger partial charge in [0.05, 0.1) is 17.7 Å². The molecule has 0 amide bonds. The van der Waals surface area contributed by atoms with Crippen LogP contribution in [-0.2, 0) is 6.54 Å². The zero-order valence-electron chi connectivity index (χ0n) is 13.4. The minimum atomic E-state index is -0.611. The highest BCUT2D eigenvalue weighted by molar-refractivity contribution is 7.99. The van der Waals surface area contributed by atoms with Gasteiger partial charge in [-0.05, 0) is 48.9 Å². The summed E-state index contributed by atoms with van der Waals surface area (Å²) in [4.78, 5) is 2.06. The predicted octanol–water partition coefficient (Wildman–Crippen LogP) is 3.95. The van der Waals surface area contributed by atoms with Gasteiger partial charge in [0.15, 0.2) is 5.16 Å². The van der Waals surface area contributed by atoms with E-state index in [-0.39, 0.29) is 4.90 Å². The summed E-state index contributed by atoms with van der Waals surface area (Å²) in [5.74, 6) is 0.213. The first-order valence-electron chi connectivity index (χ1n) is 8.05. The summed E-state index contributed by atoms with van der Waals surface area (Å²) in [7, 11) is 0. The normalized spacial score (nSPS) is 14.4. The molecule has 0 atom stereocenters. The van der Waals surface area contributed by atoms with E-state index in [1.165, 1.54) is 18.2 Å². The number of hydrogen-bond donors (Lipinski definition) is 0. The maximum absolute atomic E-state index is 14.0. The van der Waals surface area contributed by atoms with Gasteiger partial charge < -0.3 is 9.32 Å². The van der Waals surface area contributed by atoms with Gasteiger partial charge in [0.2, 0.25) is 5.95 Å². The first-order valence-corrected chi connectivity index (χ1v) is 8.86. The first kappa shape index (κ1) is 16.1. The van der Waals surface area contributed by atoms with Crippen molar-refractivity contribution in [2.45, 2.75) is 29.4 Å². The molecule has 4 rings (SSSR count). The van der Waals surface area contributed by atoms with Crippen LogP contribution in [0, 0.1) is 11.6 Å². The topological polar surface area (TPSA) is 47.1 Å². The van der Waals surface area contributed by atoms with Crippen LogP contribution in [0.4, 0.5) is 14.7 Å². The number of aromatic nitrogens is 3. The van der Waals surface area contributed by atoms with E-state index in [1.54, 1.807) is 12.3 Å². The van der Waals surface area contributed by atoms with Crippen molar-refractivity contribution in [2.75, 3.05) is 18.0 Å². The Morgan fingerprint density at radius 2 is 1.80 bits per heavy atom. The highest BCUT2D eigenvalue weighted by Crippen LogP contribution is 2.33. The molecule has 0 saturated carbocycles. The number of furan rings is 1. The van der Waals surface area contributed by atoms with E-state index >= 15 is 0 Å². The number of rotatable bonds is 5. The van der Waals surface area contributed by atoms with Crippen LogP contribution in [0.2, 0.25) is 0 Å². The molecule has 1 fully saturated rings. The van der Waals surface area contributed by atoms with Crippen LogP contribution < -0.4 is 4.90 Å². The fourth-order valence-corrected chi connectivity index (χ4v) is 3.73. The molecule has 0 bridgehead atoms. The summed E-state index contributed by atoms with van der Waals surface area (Å²) in [6, 6.07) is 7.47. The Balaban J connectivity index is 1.71. The fourth-order valence-electron chi connectivity index (χ4n) is 2.88. The lowest BCUT2D eigenvalue weighted by Crippen LogP contribution is -2.22. The quantitative estimate of drug-likeness (QED) is 0.688. The molecule has 8 heteroatoms. The molecule has 3 aromatic rings. The van der Waals surface area contributed by atoms with Crippen LogP contribution >= 0.6 is 11.8 Å². The zero-order chi connectivity index (χ0) is 17.2. The van der Waals surface area contributed by atoms with Gasteiger partial charge in [0.1, 0.15) is 17.4 Å². The maximum Gasteiger partial charge on any atom is 0.228 e. The number of halogens is 2. The largest absolute Gasteiger partial charge is 0.467 e. The van der Waals surface area contributed by atoms with Crippen molar-refractivity contribution in [2.24, 2.45) is 0 Å². The van der Waals surface area contributed by atoms with Crippen LogP contribution in [0.1, 0.15) is 18.6 Å². The lowest BCUT2D eigenvalue weighted by Gasteiger charge is -2.17. The van der Waals surface area contributed by atoms with Crippen molar-refractivity contribution in [1.82, 2.24) is 14.8 Å². The minimum absolute atomic E-state index is 0.0800. The third-order valence-electron chi connectivity index (χ3n) is 4.09. The second-order valence-electron chi connectivity index (χ2n) is 5.80. The van der Waals surface area contributed by atoms with Crippen LogP contribution in [0.15, 0.2) is 51.1 Å². The zero-order valence-corrected chi connectivity index (χ0v) is 14.2. The van der Waals surface area contributed by atoms with E-state index in [0.29, 0.717) is 17.6 Å². The van der Waals surface area contributed by atoms with Gasteiger partial charge in [-0.2, -0.15) is 0 Å². The van der Waals surface area contributed by atoms with Crippen molar-refractivity contribution < 1.29 is 13.2 Å². The van der Waals surface area contributed by atoms with E-state index in [0.717, 1.165) is 43.5 Å². The molecule has 1 aliphatic heterocycles. The van der Waals surface area contributed by atoms with Crippen molar-refractivity contribution in [3.05, 3.63) is 54.0 Å². The summed E-state index contributed by atoms with van der Waals surface area (Å²) < 4.78 is 35.3. The SMILES string of the molecule is Fc1cccc(F)c1Sc1nnc(N2CCCC2)n1Cc1ccco1. The molecular weight excluding hydrogens is 346 g/mol. The number of anilines is 1. The molecule has 1 aliphatic rings. The van der Waals surface area contributed by atoms with E-state index in [4.69, 9.17) is 4.42 Å². The van der Waals surface area contributed by atoms with E-state index in [9.17, 15) is 8.78 Å². The maximum atomic E-state index is 14.0. The molecule has 5 nitrogen and oxygen atoms in total. The summed E-state index contributed by atoms with van der Waals surface area (Å²) in [5, 5.41) is 8.88. The van der Waals surface area contributed by atoms with E-state index in [1.807, 2.05) is 10.6 Å². The third kappa shape index (κ3) is 3.26. The Kier molecular flexibility index (Phi) is 4.44. The summed E-state index contributed by atoms with van der Waals surface area (Å²) in [6.07, 6.45) is 3.79. The molecule has 1 saturated heterocycles. The summed E-state index contributed by atoms with van der Waals surface area (Å²) >= 11 is 0.940. The molecule has 0 spiro atoms. The number of benzene rings is 1. The molecule has 0 aliphatic carbocycles. The lowest BCUT2D eigenvalue weighted by molar-refractivity contribution is 0.483. The van der Waals surface area contributed by atoms with E-state index in [2.05, 4.69) is 15.1 Å². The molecule has 2 aromatic heterocycles. The van der Waals surface area contributed by atoms with E-state index < -0.39 is 11.6 Å². The Morgan fingerprint density at radius 1 is 1.04 bits per heavy atom. The van der Waals surface area contributed by atoms with Gasteiger partial charge in [0.25, 0.3) is 0 Å². The average molecular weight is 362 g/mol. The highest BCUT2D eigenvalue weighted by Gasteiger charge is 2.23. The van der Waals surface area contributed by atoms with Gasteiger partial charge >= 0.3 is 0 Å². The van der Waals surface area contributed by atoms with Gasteiger partial charge in [-0.25, -0.2) is 8.78 Å².